The minimum atomic E-state index is -1.05. The summed E-state index contributed by atoms with van der Waals surface area (Å²) < 4.78 is 11.2. The first-order chi connectivity index (χ1) is 16.0. The molecule has 8 heteroatoms. The van der Waals surface area contributed by atoms with E-state index in [4.69, 9.17) is 9.47 Å². The first-order valence-electron chi connectivity index (χ1n) is 11.4. The van der Waals surface area contributed by atoms with Gasteiger partial charge in [-0.05, 0) is 61.9 Å². The highest BCUT2D eigenvalue weighted by molar-refractivity contribution is 6.09. The van der Waals surface area contributed by atoms with Gasteiger partial charge in [-0.1, -0.05) is 30.3 Å². The number of aryl methyl sites for hydroxylation is 1. The van der Waals surface area contributed by atoms with Gasteiger partial charge in [0.05, 0.1) is 13.2 Å². The molecule has 4 amide bonds. The smallest absolute Gasteiger partial charge is 0.325 e. The molecular formula is C25H29N3O5. The van der Waals surface area contributed by atoms with Gasteiger partial charge in [-0.15, -0.1) is 0 Å². The van der Waals surface area contributed by atoms with Crippen LogP contribution in [0.2, 0.25) is 0 Å². The fourth-order valence-electron chi connectivity index (χ4n) is 4.53. The van der Waals surface area contributed by atoms with Gasteiger partial charge in [0, 0.05) is 6.54 Å². The van der Waals surface area contributed by atoms with Crippen LogP contribution in [-0.2, 0) is 28.0 Å². The van der Waals surface area contributed by atoms with Crippen molar-refractivity contribution >= 4 is 17.8 Å². The van der Waals surface area contributed by atoms with Crippen LogP contribution >= 0.6 is 0 Å². The van der Waals surface area contributed by atoms with Crippen molar-refractivity contribution in [2.45, 2.75) is 38.6 Å². The second-order valence-electron chi connectivity index (χ2n) is 8.13. The molecule has 1 aliphatic heterocycles. The molecule has 174 valence electrons. The third-order valence-electron chi connectivity index (χ3n) is 6.07. The van der Waals surface area contributed by atoms with Crippen LogP contribution in [-0.4, -0.2) is 49.0 Å². The highest BCUT2D eigenvalue weighted by Gasteiger charge is 2.55. The minimum absolute atomic E-state index is 0.304. The summed E-state index contributed by atoms with van der Waals surface area (Å²) in [5.41, 5.74) is 1.82. The van der Waals surface area contributed by atoms with Gasteiger partial charge >= 0.3 is 6.03 Å². The average molecular weight is 452 g/mol. The molecule has 2 aromatic carbocycles. The van der Waals surface area contributed by atoms with Crippen LogP contribution < -0.4 is 20.1 Å². The third-order valence-corrected chi connectivity index (χ3v) is 6.07. The molecule has 1 saturated heterocycles. The number of fused-ring (bicyclic) bond motifs is 2. The second-order valence-corrected chi connectivity index (χ2v) is 8.13. The lowest BCUT2D eigenvalue weighted by Gasteiger charge is -2.22. The number of hydrogen-bond donors (Lipinski definition) is 2. The zero-order valence-corrected chi connectivity index (χ0v) is 19.0. The normalized spacial score (nSPS) is 18.9. The van der Waals surface area contributed by atoms with Crippen molar-refractivity contribution in [2.24, 2.45) is 0 Å². The number of ether oxygens (including phenoxy) is 2. The van der Waals surface area contributed by atoms with E-state index in [1.165, 1.54) is 0 Å². The standard InChI is InChI=1S/C25H29N3O5/c1-3-32-20-10-9-17(15-21(20)33-4-2)12-14-26-22(29)16-28-23(30)25(27-24(28)31)13-11-18-7-5-6-8-19(18)25/h5-10,15H,3-4,11-14,16H2,1-2H3,(H,26,29)(H,27,31)/t25-/m1/s1. The molecule has 8 nitrogen and oxygen atoms in total. The Bertz CT molecular complexity index is 1070. The number of amides is 4. The molecule has 1 spiro atoms. The van der Waals surface area contributed by atoms with Crippen molar-refractivity contribution in [1.82, 2.24) is 15.5 Å². The van der Waals surface area contributed by atoms with Crippen LogP contribution in [0.3, 0.4) is 0 Å². The number of urea groups is 1. The van der Waals surface area contributed by atoms with Crippen LogP contribution in [0.15, 0.2) is 42.5 Å². The second kappa shape index (κ2) is 9.52. The molecule has 0 aromatic heterocycles. The quantitative estimate of drug-likeness (QED) is 0.571. The molecule has 2 aliphatic rings. The summed E-state index contributed by atoms with van der Waals surface area (Å²) in [5, 5.41) is 5.64. The Morgan fingerprint density at radius 1 is 1.09 bits per heavy atom. The molecule has 4 rings (SSSR count). The first kappa shape index (κ1) is 22.6. The van der Waals surface area contributed by atoms with E-state index in [0.717, 1.165) is 21.6 Å². The maximum absolute atomic E-state index is 13.2. The minimum Gasteiger partial charge on any atom is -0.490 e. The van der Waals surface area contributed by atoms with Gasteiger partial charge in [0.1, 0.15) is 12.1 Å². The Morgan fingerprint density at radius 3 is 2.64 bits per heavy atom. The number of carbonyl (C=O) groups is 3. The number of carbonyl (C=O) groups excluding carboxylic acids is 3. The molecule has 2 aromatic rings. The molecule has 1 aliphatic carbocycles. The predicted molar refractivity (Wildman–Crippen MR) is 122 cm³/mol. The highest BCUT2D eigenvalue weighted by atomic mass is 16.5. The van der Waals surface area contributed by atoms with E-state index >= 15 is 0 Å². The van der Waals surface area contributed by atoms with E-state index in [1.54, 1.807) is 0 Å². The molecule has 1 fully saturated rings. The van der Waals surface area contributed by atoms with E-state index in [1.807, 2.05) is 56.3 Å². The van der Waals surface area contributed by atoms with Crippen molar-refractivity contribution in [3.05, 3.63) is 59.2 Å². The predicted octanol–water partition coefficient (Wildman–Crippen LogP) is 2.54. The Morgan fingerprint density at radius 2 is 1.85 bits per heavy atom. The largest absolute Gasteiger partial charge is 0.490 e. The summed E-state index contributed by atoms with van der Waals surface area (Å²) in [5.74, 6) is 0.621. The van der Waals surface area contributed by atoms with Crippen LogP contribution in [0, 0.1) is 0 Å². The average Bonchev–Trinajstić information content (AvgIpc) is 3.29. The van der Waals surface area contributed by atoms with Crippen molar-refractivity contribution in [1.29, 1.82) is 0 Å². The fraction of sp³-hybridized carbons (Fsp3) is 0.400. The van der Waals surface area contributed by atoms with Gasteiger partial charge in [-0.3, -0.25) is 14.5 Å². The summed E-state index contributed by atoms with van der Waals surface area (Å²) in [6.07, 6.45) is 1.80. The van der Waals surface area contributed by atoms with Crippen molar-refractivity contribution in [3.63, 3.8) is 0 Å². The molecule has 0 saturated carbocycles. The molecule has 0 radical (unpaired) electrons. The Hall–Kier alpha value is -3.55. The monoisotopic (exact) mass is 451 g/mol. The van der Waals surface area contributed by atoms with Crippen molar-refractivity contribution in [2.75, 3.05) is 26.3 Å². The van der Waals surface area contributed by atoms with Crippen molar-refractivity contribution in [3.8, 4) is 11.5 Å². The maximum Gasteiger partial charge on any atom is 0.325 e. The molecular weight excluding hydrogens is 422 g/mol. The molecule has 1 heterocycles. The SMILES string of the molecule is CCOc1ccc(CCNC(=O)CN2C(=O)N[C@@]3(CCc4ccccc43)C2=O)cc1OCC. The number of imide groups is 1. The summed E-state index contributed by atoms with van der Waals surface area (Å²) in [7, 11) is 0. The van der Waals surface area contributed by atoms with Crippen LogP contribution in [0.1, 0.15) is 37.0 Å². The van der Waals surface area contributed by atoms with Gasteiger partial charge in [-0.25, -0.2) is 4.79 Å². The van der Waals surface area contributed by atoms with E-state index < -0.39 is 11.6 Å². The Labute approximate surface area is 193 Å². The summed E-state index contributed by atoms with van der Waals surface area (Å²) in [4.78, 5) is 39.2. The van der Waals surface area contributed by atoms with Crippen LogP contribution in [0.25, 0.3) is 0 Å². The van der Waals surface area contributed by atoms with Gasteiger partial charge in [0.15, 0.2) is 11.5 Å². The Kier molecular flexibility index (Phi) is 6.53. The highest BCUT2D eigenvalue weighted by Crippen LogP contribution is 2.41. The number of nitrogens with one attached hydrogen (secondary N) is 2. The Balaban J connectivity index is 1.34. The number of hydrogen-bond acceptors (Lipinski definition) is 5. The summed E-state index contributed by atoms with van der Waals surface area (Å²) in [6.45, 7) is 4.96. The lowest BCUT2D eigenvalue weighted by atomic mass is 9.92. The van der Waals surface area contributed by atoms with Crippen LogP contribution in [0.4, 0.5) is 4.79 Å². The zero-order valence-electron chi connectivity index (χ0n) is 19.0. The molecule has 1 atom stereocenters. The summed E-state index contributed by atoms with van der Waals surface area (Å²) >= 11 is 0. The maximum atomic E-state index is 13.2. The van der Waals surface area contributed by atoms with E-state index in [0.29, 0.717) is 50.5 Å². The molecule has 2 N–H and O–H groups in total. The van der Waals surface area contributed by atoms with Gasteiger partial charge < -0.3 is 20.1 Å². The molecule has 0 bridgehead atoms. The zero-order chi connectivity index (χ0) is 23.4. The van der Waals surface area contributed by atoms with Gasteiger partial charge in [-0.2, -0.15) is 0 Å². The molecule has 33 heavy (non-hydrogen) atoms. The van der Waals surface area contributed by atoms with E-state index in [9.17, 15) is 14.4 Å². The van der Waals surface area contributed by atoms with Gasteiger partial charge in [0.25, 0.3) is 5.91 Å². The molecule has 0 unspecified atom stereocenters. The van der Waals surface area contributed by atoms with Crippen LogP contribution in [0.5, 0.6) is 11.5 Å². The summed E-state index contributed by atoms with van der Waals surface area (Å²) in [6, 6.07) is 12.8. The van der Waals surface area contributed by atoms with E-state index in [2.05, 4.69) is 10.6 Å². The van der Waals surface area contributed by atoms with Crippen molar-refractivity contribution < 1.29 is 23.9 Å². The third kappa shape index (κ3) is 4.37. The number of benzene rings is 2. The topological polar surface area (TPSA) is 97.0 Å². The fourth-order valence-corrected chi connectivity index (χ4v) is 4.53. The van der Waals surface area contributed by atoms with E-state index in [-0.39, 0.29) is 18.4 Å². The number of rotatable bonds is 9. The lowest BCUT2D eigenvalue weighted by Crippen LogP contribution is -2.44. The first-order valence-corrected chi connectivity index (χ1v) is 11.4. The number of nitrogens with zero attached hydrogens (tertiary/aromatic N) is 1. The van der Waals surface area contributed by atoms with Gasteiger partial charge in [0.2, 0.25) is 5.91 Å². The lowest BCUT2D eigenvalue weighted by molar-refractivity contribution is -0.135.